The van der Waals surface area contributed by atoms with Gasteiger partial charge in [-0.2, -0.15) is 0 Å². The maximum atomic E-state index is 13.6. The Morgan fingerprint density at radius 2 is 1.84 bits per heavy atom. The first-order chi connectivity index (χ1) is 11.7. The average Bonchev–Trinajstić information content (AvgIpc) is 2.53. The van der Waals surface area contributed by atoms with E-state index in [2.05, 4.69) is 5.32 Å². The molecule has 0 saturated carbocycles. The molecule has 1 N–H and O–H groups in total. The average molecular weight is 382 g/mol. The van der Waals surface area contributed by atoms with Crippen molar-refractivity contribution < 1.29 is 17.6 Å². The summed E-state index contributed by atoms with van der Waals surface area (Å²) in [5, 5.41) is 2.94. The molecule has 132 valence electrons. The van der Waals surface area contributed by atoms with E-state index in [1.165, 1.54) is 42.5 Å². The van der Waals surface area contributed by atoms with Crippen molar-refractivity contribution in [2.24, 2.45) is 0 Å². The van der Waals surface area contributed by atoms with Gasteiger partial charge in [-0.1, -0.05) is 29.8 Å². The van der Waals surface area contributed by atoms with Gasteiger partial charge in [0, 0.05) is 17.9 Å². The van der Waals surface area contributed by atoms with Crippen LogP contribution in [0.3, 0.4) is 0 Å². The maximum Gasteiger partial charge on any atom is 0.244 e. The molecule has 2 rings (SSSR count). The van der Waals surface area contributed by atoms with Crippen molar-refractivity contribution in [1.29, 1.82) is 0 Å². The number of halogens is 2. The van der Waals surface area contributed by atoms with E-state index < -0.39 is 21.6 Å². The zero-order valence-corrected chi connectivity index (χ0v) is 15.2. The predicted octanol–water partition coefficient (Wildman–Crippen LogP) is 3.77. The molecule has 25 heavy (non-hydrogen) atoms. The minimum atomic E-state index is -3.26. The Morgan fingerprint density at radius 3 is 2.40 bits per heavy atom. The molecule has 0 heterocycles. The standard InChI is InChI=1S/C18H17ClFNO3S/c1-12(13-6-8-14(9-7-13)25(2,23)24)21-18(22)11-10-15-16(19)4-3-5-17(15)20/h3-12H,1-2H3,(H,21,22)/b11-10+. The molecule has 0 aliphatic carbocycles. The largest absolute Gasteiger partial charge is 0.346 e. The lowest BCUT2D eigenvalue weighted by Crippen LogP contribution is -2.24. The highest BCUT2D eigenvalue weighted by molar-refractivity contribution is 7.90. The van der Waals surface area contributed by atoms with E-state index in [1.807, 2.05) is 0 Å². The van der Waals surface area contributed by atoms with Gasteiger partial charge in [-0.25, -0.2) is 12.8 Å². The first-order valence-corrected chi connectivity index (χ1v) is 9.68. The van der Waals surface area contributed by atoms with Crippen molar-refractivity contribution in [1.82, 2.24) is 5.32 Å². The summed E-state index contributed by atoms with van der Waals surface area (Å²) in [7, 11) is -3.26. The first-order valence-electron chi connectivity index (χ1n) is 7.41. The van der Waals surface area contributed by atoms with Crippen molar-refractivity contribution in [2.75, 3.05) is 6.26 Å². The monoisotopic (exact) mass is 381 g/mol. The van der Waals surface area contributed by atoms with Crippen molar-refractivity contribution in [3.8, 4) is 0 Å². The molecule has 2 aromatic carbocycles. The minimum Gasteiger partial charge on any atom is -0.346 e. The molecule has 1 unspecified atom stereocenters. The van der Waals surface area contributed by atoms with E-state index in [0.717, 1.165) is 11.8 Å². The van der Waals surface area contributed by atoms with Crippen LogP contribution < -0.4 is 5.32 Å². The molecule has 2 aromatic rings. The number of carbonyl (C=O) groups is 1. The Hall–Kier alpha value is -2.18. The molecule has 0 radical (unpaired) electrons. The molecule has 0 saturated heterocycles. The molecule has 0 aromatic heterocycles. The number of amides is 1. The number of sulfone groups is 1. The molecule has 4 nitrogen and oxygen atoms in total. The van der Waals surface area contributed by atoms with E-state index >= 15 is 0 Å². The van der Waals surface area contributed by atoms with Gasteiger partial charge < -0.3 is 5.32 Å². The van der Waals surface area contributed by atoms with Gasteiger partial charge >= 0.3 is 0 Å². The third-order valence-electron chi connectivity index (χ3n) is 3.57. The van der Waals surface area contributed by atoms with Gasteiger partial charge in [0.1, 0.15) is 5.82 Å². The lowest BCUT2D eigenvalue weighted by atomic mass is 10.1. The zero-order chi connectivity index (χ0) is 18.6. The van der Waals surface area contributed by atoms with Gasteiger partial charge in [0.2, 0.25) is 5.91 Å². The number of carbonyl (C=O) groups excluding carboxylic acids is 1. The molecule has 7 heteroatoms. The summed E-state index contributed by atoms with van der Waals surface area (Å²) in [6.07, 6.45) is 3.64. The second-order valence-corrected chi connectivity index (χ2v) is 7.96. The van der Waals surface area contributed by atoms with Crippen LogP contribution in [0.2, 0.25) is 5.02 Å². The fourth-order valence-electron chi connectivity index (χ4n) is 2.18. The van der Waals surface area contributed by atoms with Crippen LogP contribution in [0, 0.1) is 5.82 Å². The van der Waals surface area contributed by atoms with Crippen LogP contribution in [0.15, 0.2) is 53.4 Å². The van der Waals surface area contributed by atoms with E-state index in [1.54, 1.807) is 19.1 Å². The lowest BCUT2D eigenvalue weighted by molar-refractivity contribution is -0.117. The van der Waals surface area contributed by atoms with Crippen LogP contribution in [0.1, 0.15) is 24.1 Å². The number of benzene rings is 2. The van der Waals surface area contributed by atoms with E-state index in [0.29, 0.717) is 0 Å². The quantitative estimate of drug-likeness (QED) is 0.802. The lowest BCUT2D eigenvalue weighted by Gasteiger charge is -2.13. The fraction of sp³-hybridized carbons (Fsp3) is 0.167. The summed E-state index contributed by atoms with van der Waals surface area (Å²) in [6, 6.07) is 10.2. The van der Waals surface area contributed by atoms with Gasteiger partial charge in [-0.3, -0.25) is 4.79 Å². The van der Waals surface area contributed by atoms with Gasteiger partial charge in [0.05, 0.1) is 16.0 Å². The van der Waals surface area contributed by atoms with Crippen molar-refractivity contribution in [3.05, 3.63) is 70.5 Å². The summed E-state index contributed by atoms with van der Waals surface area (Å²) >= 11 is 5.89. The van der Waals surface area contributed by atoms with Gasteiger partial charge in [-0.05, 0) is 42.8 Å². The summed E-state index contributed by atoms with van der Waals surface area (Å²) in [5.74, 6) is -0.931. The van der Waals surface area contributed by atoms with Gasteiger partial charge in [-0.15, -0.1) is 0 Å². The van der Waals surface area contributed by atoms with Crippen molar-refractivity contribution in [3.63, 3.8) is 0 Å². The van der Waals surface area contributed by atoms with Crippen molar-refractivity contribution >= 4 is 33.4 Å². The highest BCUT2D eigenvalue weighted by Crippen LogP contribution is 2.20. The van der Waals surface area contributed by atoms with E-state index in [-0.39, 0.29) is 21.5 Å². The maximum absolute atomic E-state index is 13.6. The van der Waals surface area contributed by atoms with Gasteiger partial charge in [0.15, 0.2) is 9.84 Å². The van der Waals surface area contributed by atoms with E-state index in [9.17, 15) is 17.6 Å². The molecule has 1 amide bonds. The smallest absolute Gasteiger partial charge is 0.244 e. The predicted molar refractivity (Wildman–Crippen MR) is 96.6 cm³/mol. The van der Waals surface area contributed by atoms with Crippen LogP contribution in [0.5, 0.6) is 0 Å². The Balaban J connectivity index is 2.06. The third kappa shape index (κ3) is 5.14. The van der Waals surface area contributed by atoms with Crippen LogP contribution >= 0.6 is 11.6 Å². The molecule has 0 fully saturated rings. The molecule has 1 atom stereocenters. The van der Waals surface area contributed by atoms with Gasteiger partial charge in [0.25, 0.3) is 0 Å². The Labute approximate surface area is 151 Å². The van der Waals surface area contributed by atoms with E-state index in [4.69, 9.17) is 11.6 Å². The molecular formula is C18H17ClFNO3S. The topological polar surface area (TPSA) is 63.2 Å². The Morgan fingerprint density at radius 1 is 1.20 bits per heavy atom. The summed E-state index contributed by atoms with van der Waals surface area (Å²) in [5.41, 5.74) is 0.891. The number of rotatable bonds is 5. The third-order valence-corrected chi connectivity index (χ3v) is 5.03. The normalized spacial score (nSPS) is 13.0. The summed E-state index contributed by atoms with van der Waals surface area (Å²) in [4.78, 5) is 12.2. The summed E-state index contributed by atoms with van der Waals surface area (Å²) in [6.45, 7) is 1.76. The highest BCUT2D eigenvalue weighted by atomic mass is 35.5. The number of hydrogen-bond donors (Lipinski definition) is 1. The fourth-order valence-corrected chi connectivity index (χ4v) is 3.03. The Bertz CT molecular complexity index is 888. The highest BCUT2D eigenvalue weighted by Gasteiger charge is 2.11. The molecular weight excluding hydrogens is 365 g/mol. The second kappa shape index (κ2) is 7.80. The molecule has 0 aliphatic rings. The van der Waals surface area contributed by atoms with Crippen LogP contribution in [-0.4, -0.2) is 20.6 Å². The first kappa shape index (κ1) is 19.1. The van der Waals surface area contributed by atoms with Crippen molar-refractivity contribution in [2.45, 2.75) is 17.9 Å². The second-order valence-electron chi connectivity index (χ2n) is 5.54. The van der Waals surface area contributed by atoms with Crippen LogP contribution in [0.4, 0.5) is 4.39 Å². The molecule has 0 spiro atoms. The molecule has 0 aliphatic heterocycles. The minimum absolute atomic E-state index is 0.143. The number of nitrogens with one attached hydrogen (secondary N) is 1. The molecule has 0 bridgehead atoms. The van der Waals surface area contributed by atoms with Crippen LogP contribution in [0.25, 0.3) is 6.08 Å². The Kier molecular flexibility index (Phi) is 5.98. The summed E-state index contributed by atoms with van der Waals surface area (Å²) < 4.78 is 36.5. The SMILES string of the molecule is CC(NC(=O)/C=C/c1c(F)cccc1Cl)c1ccc(S(C)(=O)=O)cc1. The van der Waals surface area contributed by atoms with Crippen LogP contribution in [-0.2, 0) is 14.6 Å². The number of hydrogen-bond acceptors (Lipinski definition) is 3. The zero-order valence-electron chi connectivity index (χ0n) is 13.7.